The molecule has 50 heavy (non-hydrogen) atoms. The number of urea groups is 1. The Labute approximate surface area is 366 Å². The average molecular weight is 1380 g/mol. The van der Waals surface area contributed by atoms with Gasteiger partial charge in [-0.15, -0.1) is 0 Å². The average Bonchev–Trinajstić information content (AvgIpc) is 3.07. The number of carbonyl (C=O) groups excluding carboxylic acids is 5. The molecule has 0 fully saturated rings. The number of aliphatic hydroxyl groups excluding tert-OH is 6. The summed E-state index contributed by atoms with van der Waals surface area (Å²) in [5.41, 5.74) is 0.0528. The van der Waals surface area contributed by atoms with E-state index in [9.17, 15) is 44.4 Å². The molecule has 6 amide bonds. The van der Waals surface area contributed by atoms with Crippen LogP contribution in [0.2, 0.25) is 0 Å². The van der Waals surface area contributed by atoms with Gasteiger partial charge in [-0.1, -0.05) is 0 Å². The Morgan fingerprint density at radius 3 is 1.02 bits per heavy atom. The minimum Gasteiger partial charge on any atom is -0.395 e. The quantitative estimate of drug-likeness (QED) is 0.103. The number of hydrogen-bond acceptors (Lipinski definition) is 11. The van der Waals surface area contributed by atoms with Crippen LogP contribution in [-0.4, -0.2) is 125 Å². The first-order valence-corrected chi connectivity index (χ1v) is 20.5. The zero-order chi connectivity index (χ0) is 37.9. The number of halogens is 6. The van der Waals surface area contributed by atoms with Crippen LogP contribution < -0.4 is 31.9 Å². The molecule has 0 aliphatic carbocycles. The van der Waals surface area contributed by atoms with E-state index >= 15 is 0 Å². The van der Waals surface area contributed by atoms with Crippen molar-refractivity contribution in [3.8, 4) is 0 Å². The highest BCUT2D eigenvalue weighted by molar-refractivity contribution is 14.1. The Morgan fingerprint density at radius 2 is 0.760 bits per heavy atom. The van der Waals surface area contributed by atoms with Gasteiger partial charge in [0.15, 0.2) is 0 Å². The third-order valence-corrected chi connectivity index (χ3v) is 12.7. The number of amides is 6. The molecular weight excluding hydrogens is 1350 g/mol. The molecule has 0 heterocycles. The van der Waals surface area contributed by atoms with E-state index in [1.165, 1.54) is 0 Å². The molecule has 0 saturated heterocycles. The van der Waals surface area contributed by atoms with Crippen molar-refractivity contribution in [3.05, 3.63) is 43.7 Å². The van der Waals surface area contributed by atoms with E-state index in [4.69, 9.17) is 10.2 Å². The van der Waals surface area contributed by atoms with Crippen molar-refractivity contribution in [2.24, 2.45) is 0 Å². The van der Waals surface area contributed by atoms with Crippen molar-refractivity contribution in [2.45, 2.75) is 12.2 Å². The Hall–Kier alpha value is -0.270. The van der Waals surface area contributed by atoms with Gasteiger partial charge in [-0.2, -0.15) is 0 Å². The minimum absolute atomic E-state index is 0.00788. The molecule has 0 saturated carbocycles. The highest BCUT2D eigenvalue weighted by Gasteiger charge is 2.31. The lowest BCUT2D eigenvalue weighted by Gasteiger charge is -2.22. The molecule has 2 atom stereocenters. The third kappa shape index (κ3) is 11.9. The second-order valence-corrected chi connectivity index (χ2v) is 16.2. The monoisotopic (exact) mass is 1380 g/mol. The fourth-order valence-corrected chi connectivity index (χ4v) is 12.7. The van der Waals surface area contributed by atoms with E-state index in [0.29, 0.717) is 0 Å². The van der Waals surface area contributed by atoms with Crippen LogP contribution in [0.4, 0.5) is 16.2 Å². The molecule has 0 bridgehead atoms. The fourth-order valence-electron chi connectivity index (χ4n) is 3.85. The first kappa shape index (κ1) is 45.9. The van der Waals surface area contributed by atoms with Gasteiger partial charge in [0.05, 0.1) is 86.5 Å². The lowest BCUT2D eigenvalue weighted by Crippen LogP contribution is -2.36. The van der Waals surface area contributed by atoms with Crippen molar-refractivity contribution in [2.75, 3.05) is 63.2 Å². The molecule has 12 N–H and O–H groups in total. The van der Waals surface area contributed by atoms with E-state index in [1.807, 2.05) is 90.4 Å². The molecule has 0 aliphatic heterocycles. The zero-order valence-electron chi connectivity index (χ0n) is 25.3. The molecule has 23 heteroatoms. The van der Waals surface area contributed by atoms with Crippen LogP contribution in [0, 0.1) is 21.4 Å². The van der Waals surface area contributed by atoms with Gasteiger partial charge < -0.3 is 62.5 Å². The highest BCUT2D eigenvalue weighted by Crippen LogP contribution is 2.38. The van der Waals surface area contributed by atoms with Gasteiger partial charge >= 0.3 is 6.03 Å². The van der Waals surface area contributed by atoms with Crippen LogP contribution in [0.1, 0.15) is 41.4 Å². The molecule has 2 unspecified atom stereocenters. The molecule has 2 rings (SSSR count). The van der Waals surface area contributed by atoms with Crippen LogP contribution in [-0.2, 0) is 0 Å². The third-order valence-electron chi connectivity index (χ3n) is 6.23. The van der Waals surface area contributed by atoms with Crippen molar-refractivity contribution >= 4 is 177 Å². The second kappa shape index (κ2) is 22.2. The maximum atomic E-state index is 13.7. The first-order valence-electron chi connectivity index (χ1n) is 14.0. The lowest BCUT2D eigenvalue weighted by atomic mass is 10.1. The fraction of sp³-hybridized carbons (Fsp3) is 0.370. The van der Waals surface area contributed by atoms with E-state index < -0.39 is 55.1 Å². The molecule has 0 aromatic heterocycles. The summed E-state index contributed by atoms with van der Waals surface area (Å²) in [5, 5.41) is 71.7. The molecule has 2 aromatic carbocycles. The Bertz CT molecular complexity index is 1520. The van der Waals surface area contributed by atoms with Gasteiger partial charge in [-0.05, 0) is 136 Å². The van der Waals surface area contributed by atoms with Crippen LogP contribution in [0.15, 0.2) is 0 Å². The van der Waals surface area contributed by atoms with E-state index in [-0.39, 0.29) is 94.4 Å². The summed E-state index contributed by atoms with van der Waals surface area (Å²) in [5.74, 6) is -2.74. The summed E-state index contributed by atoms with van der Waals surface area (Å²) in [7, 11) is 0. The summed E-state index contributed by atoms with van der Waals surface area (Å²) in [6.45, 7) is -2.77. The van der Waals surface area contributed by atoms with Gasteiger partial charge in [0, 0.05) is 33.3 Å². The highest BCUT2D eigenvalue weighted by atomic mass is 127. The van der Waals surface area contributed by atoms with Gasteiger partial charge in [-0.3, -0.25) is 19.2 Å². The van der Waals surface area contributed by atoms with Crippen LogP contribution in [0.25, 0.3) is 0 Å². The summed E-state index contributed by atoms with van der Waals surface area (Å²) in [4.78, 5) is 66.7. The zero-order valence-corrected chi connectivity index (χ0v) is 38.2. The second-order valence-electron chi connectivity index (χ2n) is 9.76. The number of nitrogens with one attached hydrogen (secondary N) is 6. The van der Waals surface area contributed by atoms with Crippen LogP contribution >= 0.6 is 136 Å². The standard InChI is InChI=1S/C27H30I6N6O11/c28-15-11(23(46)34-1-3-40)17(30)21(19(32)13(15)25(48)36-5-9(44)7-42)38-27(50)39-22-18(31)12(24(47)35-2-4-41)16(29)14(20(22)33)26(49)37-6-10(45)8-43/h9-10,40-45H,1-8H2,(H,34,46)(H,35,47)(H,36,48)(H,37,49)(H2,38,39,50). The number of carbonyl (C=O) groups is 5. The molecule has 0 aliphatic rings. The summed E-state index contributed by atoms with van der Waals surface area (Å²) in [6.07, 6.45) is -2.51. The topological polar surface area (TPSA) is 279 Å². The summed E-state index contributed by atoms with van der Waals surface area (Å²) >= 11 is 10.9. The number of benzene rings is 2. The van der Waals surface area contributed by atoms with Crippen molar-refractivity contribution in [1.29, 1.82) is 0 Å². The maximum absolute atomic E-state index is 13.7. The summed E-state index contributed by atoms with van der Waals surface area (Å²) < 4.78 is 1.28. The van der Waals surface area contributed by atoms with Crippen molar-refractivity contribution < 1.29 is 54.6 Å². The van der Waals surface area contributed by atoms with Crippen LogP contribution in [0.3, 0.4) is 0 Å². The summed E-state index contributed by atoms with van der Waals surface area (Å²) in [6, 6.07) is -0.897. The predicted molar refractivity (Wildman–Crippen MR) is 232 cm³/mol. The molecule has 0 radical (unpaired) electrons. The van der Waals surface area contributed by atoms with Gasteiger partial charge in [0.25, 0.3) is 23.6 Å². The number of rotatable bonds is 16. The number of aliphatic hydroxyl groups is 6. The minimum atomic E-state index is -1.25. The first-order chi connectivity index (χ1) is 23.6. The molecule has 17 nitrogen and oxygen atoms in total. The SMILES string of the molecule is O=C(Nc1c(I)c(C(=O)NCCO)c(I)c(C(=O)NCC(O)CO)c1I)Nc1c(I)c(C(=O)NCCO)c(I)c(C(=O)NCC(O)CO)c1I. The van der Waals surface area contributed by atoms with Gasteiger partial charge in [0.2, 0.25) is 0 Å². The molecule has 0 spiro atoms. The van der Waals surface area contributed by atoms with E-state index in [2.05, 4.69) is 31.9 Å². The molecule has 276 valence electrons. The normalized spacial score (nSPS) is 12.1. The molecular formula is C27H30I6N6O11. The van der Waals surface area contributed by atoms with Crippen molar-refractivity contribution in [3.63, 3.8) is 0 Å². The van der Waals surface area contributed by atoms with Crippen LogP contribution in [0.5, 0.6) is 0 Å². The number of hydrogen-bond donors (Lipinski definition) is 12. The number of anilines is 2. The van der Waals surface area contributed by atoms with E-state index in [0.717, 1.165) is 0 Å². The molecule has 2 aromatic rings. The lowest BCUT2D eigenvalue weighted by molar-refractivity contribution is 0.0797. The van der Waals surface area contributed by atoms with E-state index in [1.54, 1.807) is 45.2 Å². The van der Waals surface area contributed by atoms with Gasteiger partial charge in [0.1, 0.15) is 0 Å². The Balaban J connectivity index is 2.71. The Kier molecular flexibility index (Phi) is 20.4. The van der Waals surface area contributed by atoms with Gasteiger partial charge in [-0.25, -0.2) is 4.79 Å². The maximum Gasteiger partial charge on any atom is 0.323 e. The smallest absolute Gasteiger partial charge is 0.323 e. The predicted octanol–water partition coefficient (Wildman–Crippen LogP) is 0.568. The largest absolute Gasteiger partial charge is 0.395 e. The Morgan fingerprint density at radius 1 is 0.480 bits per heavy atom. The van der Waals surface area contributed by atoms with Crippen molar-refractivity contribution in [1.82, 2.24) is 21.3 Å².